The van der Waals surface area contributed by atoms with Crippen LogP contribution in [0.5, 0.6) is 11.5 Å². The third-order valence-corrected chi connectivity index (χ3v) is 5.30. The number of methoxy groups -OCH3 is 1. The average Bonchev–Trinajstić information content (AvgIpc) is 3.25. The van der Waals surface area contributed by atoms with Crippen molar-refractivity contribution in [3.63, 3.8) is 0 Å². The number of hydrogen-bond acceptors (Lipinski definition) is 4. The molecule has 1 aliphatic rings. The Morgan fingerprint density at radius 3 is 2.83 bits per heavy atom. The Kier molecular flexibility index (Phi) is 4.62. The topological polar surface area (TPSA) is 78.5 Å². The highest BCUT2D eigenvalue weighted by molar-refractivity contribution is 6.00. The largest absolute Gasteiger partial charge is 0.507 e. The molecule has 0 saturated carbocycles. The van der Waals surface area contributed by atoms with Crippen molar-refractivity contribution in [2.24, 2.45) is 0 Å². The van der Waals surface area contributed by atoms with Crippen molar-refractivity contribution in [1.82, 2.24) is 15.1 Å². The van der Waals surface area contributed by atoms with Gasteiger partial charge in [0.25, 0.3) is 5.91 Å². The number of benzene rings is 2. The van der Waals surface area contributed by atoms with Crippen molar-refractivity contribution in [2.45, 2.75) is 19.9 Å². The summed E-state index contributed by atoms with van der Waals surface area (Å²) in [5.74, 6) is 0.737. The molecule has 1 amide bonds. The van der Waals surface area contributed by atoms with E-state index in [1.165, 1.54) is 0 Å². The molecular weight excluding hydrogens is 366 g/mol. The molecule has 0 radical (unpaired) electrons. The van der Waals surface area contributed by atoms with Crippen LogP contribution in [0.4, 0.5) is 0 Å². The van der Waals surface area contributed by atoms with Crippen molar-refractivity contribution < 1.29 is 14.6 Å². The summed E-state index contributed by atoms with van der Waals surface area (Å²) in [6.07, 6.45) is 1.71. The molecule has 1 atom stereocenters. The molecule has 29 heavy (non-hydrogen) atoms. The summed E-state index contributed by atoms with van der Waals surface area (Å²) in [5.41, 5.74) is 5.07. The molecule has 2 N–H and O–H groups in total. The van der Waals surface area contributed by atoms with Gasteiger partial charge >= 0.3 is 0 Å². The SMILES string of the molecule is C=CCN1C(=O)c2[nH]nc(-c3cc(C)cc(C)c3O)c2C1c1cccc(OC)c1. The Morgan fingerprint density at radius 1 is 1.31 bits per heavy atom. The Hall–Kier alpha value is -3.54. The van der Waals surface area contributed by atoms with Gasteiger partial charge in [0, 0.05) is 17.7 Å². The lowest BCUT2D eigenvalue weighted by molar-refractivity contribution is 0.0764. The number of aromatic nitrogens is 2. The normalized spacial score (nSPS) is 15.5. The van der Waals surface area contributed by atoms with E-state index >= 15 is 0 Å². The van der Waals surface area contributed by atoms with E-state index in [0.717, 1.165) is 22.3 Å². The number of H-pyrrole nitrogens is 1. The van der Waals surface area contributed by atoms with Gasteiger partial charge in [0.15, 0.2) is 0 Å². The summed E-state index contributed by atoms with van der Waals surface area (Å²) in [6, 6.07) is 11.1. The zero-order valence-electron chi connectivity index (χ0n) is 16.7. The summed E-state index contributed by atoms with van der Waals surface area (Å²) >= 11 is 0. The van der Waals surface area contributed by atoms with Crippen LogP contribution >= 0.6 is 0 Å². The molecule has 2 aromatic carbocycles. The first-order valence-corrected chi connectivity index (χ1v) is 9.41. The molecule has 3 aromatic rings. The number of aryl methyl sites for hydroxylation is 2. The molecule has 1 unspecified atom stereocenters. The number of carbonyl (C=O) groups is 1. The van der Waals surface area contributed by atoms with Crippen LogP contribution in [-0.2, 0) is 0 Å². The highest BCUT2D eigenvalue weighted by Crippen LogP contribution is 2.45. The summed E-state index contributed by atoms with van der Waals surface area (Å²) < 4.78 is 5.38. The van der Waals surface area contributed by atoms with Crippen LogP contribution in [0.15, 0.2) is 49.1 Å². The maximum Gasteiger partial charge on any atom is 0.273 e. The molecule has 0 saturated heterocycles. The van der Waals surface area contributed by atoms with E-state index in [1.54, 1.807) is 18.1 Å². The number of amides is 1. The first kappa shape index (κ1) is 18.8. The smallest absolute Gasteiger partial charge is 0.273 e. The number of phenolic OH excluding ortho intramolecular Hbond substituents is 1. The van der Waals surface area contributed by atoms with Gasteiger partial charge in [-0.05, 0) is 48.7 Å². The van der Waals surface area contributed by atoms with Gasteiger partial charge in [-0.25, -0.2) is 0 Å². The molecule has 1 aliphatic heterocycles. The van der Waals surface area contributed by atoms with Crippen molar-refractivity contribution >= 4 is 5.91 Å². The van der Waals surface area contributed by atoms with E-state index < -0.39 is 0 Å². The highest BCUT2D eigenvalue weighted by atomic mass is 16.5. The van der Waals surface area contributed by atoms with Crippen LogP contribution in [0.25, 0.3) is 11.3 Å². The van der Waals surface area contributed by atoms with E-state index in [0.29, 0.717) is 29.2 Å². The first-order chi connectivity index (χ1) is 14.0. The van der Waals surface area contributed by atoms with E-state index in [-0.39, 0.29) is 17.7 Å². The molecule has 6 nitrogen and oxygen atoms in total. The maximum atomic E-state index is 13.1. The number of rotatable bonds is 5. The Balaban J connectivity index is 1.95. The monoisotopic (exact) mass is 389 g/mol. The zero-order chi connectivity index (χ0) is 20.7. The molecule has 0 spiro atoms. The zero-order valence-corrected chi connectivity index (χ0v) is 16.7. The number of nitrogens with zero attached hydrogens (tertiary/aromatic N) is 2. The Morgan fingerprint density at radius 2 is 2.10 bits per heavy atom. The Labute approximate surface area is 169 Å². The summed E-state index contributed by atoms with van der Waals surface area (Å²) in [5, 5.41) is 18.0. The van der Waals surface area contributed by atoms with Gasteiger partial charge in [0.05, 0.1) is 13.2 Å². The van der Waals surface area contributed by atoms with E-state index in [9.17, 15) is 9.90 Å². The third-order valence-electron chi connectivity index (χ3n) is 5.30. The van der Waals surface area contributed by atoms with Gasteiger partial charge < -0.3 is 14.7 Å². The molecule has 0 fully saturated rings. The number of phenols is 1. The van der Waals surface area contributed by atoms with E-state index in [2.05, 4.69) is 16.8 Å². The predicted molar refractivity (Wildman–Crippen MR) is 111 cm³/mol. The number of aromatic hydroxyl groups is 1. The lowest BCUT2D eigenvalue weighted by Crippen LogP contribution is -2.29. The standard InChI is InChI=1S/C23H23N3O3/c1-5-9-26-21(15-7-6-8-16(12-15)29-4)18-19(24-25-20(18)23(26)28)17-11-13(2)10-14(3)22(17)27/h5-8,10-12,21,27H,1,9H2,2-4H3,(H,24,25). The van der Waals surface area contributed by atoms with Crippen molar-refractivity contribution in [3.05, 3.63) is 77.0 Å². The summed E-state index contributed by atoms with van der Waals surface area (Å²) in [7, 11) is 1.61. The number of ether oxygens (including phenoxy) is 1. The van der Waals surface area contributed by atoms with Gasteiger partial charge in [-0.15, -0.1) is 6.58 Å². The minimum absolute atomic E-state index is 0.143. The van der Waals surface area contributed by atoms with Crippen LogP contribution < -0.4 is 4.74 Å². The predicted octanol–water partition coefficient (Wildman–Crippen LogP) is 4.14. The third kappa shape index (κ3) is 2.97. The number of carbonyl (C=O) groups excluding carboxylic acids is 1. The molecule has 6 heteroatoms. The van der Waals surface area contributed by atoms with Crippen molar-refractivity contribution in [3.8, 4) is 22.8 Å². The average molecular weight is 389 g/mol. The molecule has 1 aromatic heterocycles. The molecule has 148 valence electrons. The molecule has 2 heterocycles. The van der Waals surface area contributed by atoms with E-state index in [1.807, 2.05) is 50.2 Å². The summed E-state index contributed by atoms with van der Waals surface area (Å²) in [4.78, 5) is 14.8. The first-order valence-electron chi connectivity index (χ1n) is 9.41. The number of aromatic amines is 1. The second-order valence-electron chi connectivity index (χ2n) is 7.26. The summed E-state index contributed by atoms with van der Waals surface area (Å²) in [6.45, 7) is 8.02. The van der Waals surface area contributed by atoms with Gasteiger partial charge in [-0.2, -0.15) is 5.10 Å². The minimum atomic E-state index is -0.362. The number of nitrogens with one attached hydrogen (secondary N) is 1. The van der Waals surface area contributed by atoms with Crippen LogP contribution in [-0.4, -0.2) is 39.8 Å². The highest BCUT2D eigenvalue weighted by Gasteiger charge is 2.42. The molecule has 4 rings (SSSR count). The fraction of sp³-hybridized carbons (Fsp3) is 0.217. The minimum Gasteiger partial charge on any atom is -0.507 e. The molecule has 0 bridgehead atoms. The van der Waals surface area contributed by atoms with Gasteiger partial charge in [-0.3, -0.25) is 9.89 Å². The molecule has 0 aliphatic carbocycles. The van der Waals surface area contributed by atoms with Crippen LogP contribution in [0.2, 0.25) is 0 Å². The van der Waals surface area contributed by atoms with Gasteiger partial charge in [-0.1, -0.05) is 24.3 Å². The van der Waals surface area contributed by atoms with Gasteiger partial charge in [0.1, 0.15) is 22.9 Å². The van der Waals surface area contributed by atoms with Crippen LogP contribution in [0, 0.1) is 13.8 Å². The number of hydrogen-bond donors (Lipinski definition) is 2. The van der Waals surface area contributed by atoms with E-state index in [4.69, 9.17) is 4.74 Å². The maximum absolute atomic E-state index is 13.1. The fourth-order valence-electron chi connectivity index (χ4n) is 4.03. The van der Waals surface area contributed by atoms with Crippen LogP contribution in [0.1, 0.15) is 38.8 Å². The second-order valence-corrected chi connectivity index (χ2v) is 7.26. The quantitative estimate of drug-likeness (QED) is 0.643. The van der Waals surface area contributed by atoms with Crippen molar-refractivity contribution in [2.75, 3.05) is 13.7 Å². The van der Waals surface area contributed by atoms with Crippen molar-refractivity contribution in [1.29, 1.82) is 0 Å². The second kappa shape index (κ2) is 7.13. The number of fused-ring (bicyclic) bond motifs is 1. The lowest BCUT2D eigenvalue weighted by Gasteiger charge is -2.25. The van der Waals surface area contributed by atoms with Gasteiger partial charge in [0.2, 0.25) is 0 Å². The lowest BCUT2D eigenvalue weighted by atomic mass is 9.94. The van der Waals surface area contributed by atoms with Crippen LogP contribution in [0.3, 0.4) is 0 Å². The Bertz CT molecular complexity index is 1120. The molecular formula is C23H23N3O3. The fourth-order valence-corrected chi connectivity index (χ4v) is 4.03.